The van der Waals surface area contributed by atoms with Crippen molar-refractivity contribution in [2.24, 2.45) is 0 Å². The molecular weight excluding hydrogens is 326 g/mol. The summed E-state index contributed by atoms with van der Waals surface area (Å²) in [7, 11) is 0. The van der Waals surface area contributed by atoms with Crippen LogP contribution in [-0.4, -0.2) is 30.5 Å². The maximum absolute atomic E-state index is 13.0. The molecule has 1 aliphatic rings. The zero-order valence-corrected chi connectivity index (χ0v) is 14.6. The minimum atomic E-state index is -0.628. The Bertz CT molecular complexity index is 870. The van der Waals surface area contributed by atoms with Gasteiger partial charge < -0.3 is 23.5 Å². The van der Waals surface area contributed by atoms with Gasteiger partial charge in [0.05, 0.1) is 30.7 Å². The molecule has 2 aromatic rings. The second kappa shape index (κ2) is 7.14. The van der Waals surface area contributed by atoms with Crippen LogP contribution in [0.15, 0.2) is 17.1 Å². The van der Waals surface area contributed by atoms with Crippen LogP contribution in [0.2, 0.25) is 0 Å². The number of hydrogen-bond acceptors (Lipinski definition) is 6. The van der Waals surface area contributed by atoms with Crippen LogP contribution in [0.1, 0.15) is 36.7 Å². The Kier molecular flexibility index (Phi) is 4.94. The number of aryl methyl sites for hydroxylation is 1. The zero-order chi connectivity index (χ0) is 18.0. The first-order chi connectivity index (χ1) is 12.1. The molecule has 7 heteroatoms. The lowest BCUT2D eigenvalue weighted by atomic mass is 10.0. The smallest absolute Gasteiger partial charge is 0.343 e. The highest BCUT2D eigenvalue weighted by molar-refractivity contribution is 5.96. The van der Waals surface area contributed by atoms with E-state index in [0.717, 1.165) is 0 Å². The van der Waals surface area contributed by atoms with Crippen molar-refractivity contribution >= 4 is 16.9 Å². The van der Waals surface area contributed by atoms with E-state index in [1.54, 1.807) is 13.0 Å². The SMILES string of the molecule is CCOC(=O)c1cn(CC)c2cc(OCC)c3c(c2c1=O)COCO3. The summed E-state index contributed by atoms with van der Waals surface area (Å²) in [6, 6.07) is 1.78. The average molecular weight is 347 g/mol. The van der Waals surface area contributed by atoms with E-state index < -0.39 is 5.97 Å². The minimum absolute atomic E-state index is 0.00753. The van der Waals surface area contributed by atoms with Crippen molar-refractivity contribution in [1.82, 2.24) is 4.57 Å². The average Bonchev–Trinajstić information content (AvgIpc) is 2.62. The van der Waals surface area contributed by atoms with Gasteiger partial charge in [0.1, 0.15) is 5.56 Å². The Balaban J connectivity index is 2.37. The molecular formula is C18H21NO6. The molecule has 0 aliphatic carbocycles. The van der Waals surface area contributed by atoms with Gasteiger partial charge in [-0.25, -0.2) is 4.79 Å². The van der Waals surface area contributed by atoms with Gasteiger partial charge in [0.25, 0.3) is 0 Å². The number of benzene rings is 1. The second-order valence-corrected chi connectivity index (χ2v) is 5.50. The fraction of sp³-hybridized carbons (Fsp3) is 0.444. The summed E-state index contributed by atoms with van der Waals surface area (Å²) < 4.78 is 23.5. The lowest BCUT2D eigenvalue weighted by Gasteiger charge is -2.23. The van der Waals surface area contributed by atoms with Crippen molar-refractivity contribution in [3.8, 4) is 11.5 Å². The van der Waals surface area contributed by atoms with Crippen LogP contribution in [-0.2, 0) is 22.6 Å². The van der Waals surface area contributed by atoms with Gasteiger partial charge in [-0.15, -0.1) is 0 Å². The molecule has 0 fully saturated rings. The monoisotopic (exact) mass is 347 g/mol. The summed E-state index contributed by atoms with van der Waals surface area (Å²) in [6.45, 7) is 7.09. The van der Waals surface area contributed by atoms with E-state index in [1.807, 2.05) is 18.4 Å². The highest BCUT2D eigenvalue weighted by Gasteiger charge is 2.25. The summed E-state index contributed by atoms with van der Waals surface area (Å²) in [5, 5.41) is 0.408. The van der Waals surface area contributed by atoms with Gasteiger partial charge in [0.15, 0.2) is 18.3 Å². The summed E-state index contributed by atoms with van der Waals surface area (Å²) >= 11 is 0. The van der Waals surface area contributed by atoms with E-state index in [1.165, 1.54) is 6.20 Å². The Morgan fingerprint density at radius 2 is 2.08 bits per heavy atom. The van der Waals surface area contributed by atoms with Crippen molar-refractivity contribution in [2.75, 3.05) is 20.0 Å². The number of nitrogens with zero attached hydrogens (tertiary/aromatic N) is 1. The number of aromatic nitrogens is 1. The van der Waals surface area contributed by atoms with Gasteiger partial charge in [-0.3, -0.25) is 4.79 Å². The van der Waals surface area contributed by atoms with Gasteiger partial charge >= 0.3 is 5.97 Å². The number of esters is 1. The number of hydrogen-bond donors (Lipinski definition) is 0. The molecule has 0 spiro atoms. The summed E-state index contributed by atoms with van der Waals surface area (Å²) in [5.41, 5.74) is 0.905. The molecule has 0 bridgehead atoms. The van der Waals surface area contributed by atoms with Crippen molar-refractivity contribution in [2.45, 2.75) is 33.9 Å². The van der Waals surface area contributed by atoms with Crippen molar-refractivity contribution in [3.05, 3.63) is 33.6 Å². The van der Waals surface area contributed by atoms with Gasteiger partial charge in [0.2, 0.25) is 5.43 Å². The topological polar surface area (TPSA) is 76.0 Å². The molecule has 0 unspecified atom stereocenters. The molecule has 1 aliphatic heterocycles. The standard InChI is InChI=1S/C18H21NO6/c1-4-19-8-11(18(21)24-6-3)16(20)15-12-9-22-10-25-17(12)14(23-5-2)7-13(15)19/h7-8H,4-6,9-10H2,1-3H3. The highest BCUT2D eigenvalue weighted by Crippen LogP contribution is 2.39. The van der Waals surface area contributed by atoms with Crippen LogP contribution in [0.4, 0.5) is 0 Å². The van der Waals surface area contributed by atoms with Crippen LogP contribution in [0.5, 0.6) is 11.5 Å². The second-order valence-electron chi connectivity index (χ2n) is 5.50. The predicted octanol–water partition coefficient (Wildman–Crippen LogP) is 2.46. The van der Waals surface area contributed by atoms with Crippen LogP contribution < -0.4 is 14.9 Å². The first-order valence-corrected chi connectivity index (χ1v) is 8.35. The number of carbonyl (C=O) groups excluding carboxylic acids is 1. The van der Waals surface area contributed by atoms with Crippen LogP contribution >= 0.6 is 0 Å². The highest BCUT2D eigenvalue weighted by atomic mass is 16.7. The fourth-order valence-corrected chi connectivity index (χ4v) is 3.00. The minimum Gasteiger partial charge on any atom is -0.490 e. The maximum Gasteiger partial charge on any atom is 0.343 e. The molecule has 25 heavy (non-hydrogen) atoms. The molecule has 2 heterocycles. The van der Waals surface area contributed by atoms with Crippen molar-refractivity contribution < 1.29 is 23.7 Å². The molecule has 0 saturated carbocycles. The Hall–Kier alpha value is -2.54. The molecule has 0 N–H and O–H groups in total. The van der Waals surface area contributed by atoms with Crippen LogP contribution in [0, 0.1) is 0 Å². The number of fused-ring (bicyclic) bond motifs is 3. The molecule has 1 aromatic carbocycles. The third-order valence-corrected chi connectivity index (χ3v) is 4.06. The molecule has 3 rings (SSSR count). The first kappa shape index (κ1) is 17.3. The van der Waals surface area contributed by atoms with Crippen molar-refractivity contribution in [3.63, 3.8) is 0 Å². The van der Waals surface area contributed by atoms with E-state index in [-0.39, 0.29) is 31.0 Å². The van der Waals surface area contributed by atoms with Crippen LogP contribution in [0.3, 0.4) is 0 Å². The molecule has 7 nitrogen and oxygen atoms in total. The quantitative estimate of drug-likeness (QED) is 0.774. The Morgan fingerprint density at radius 1 is 1.28 bits per heavy atom. The third kappa shape index (κ3) is 2.95. The summed E-state index contributed by atoms with van der Waals surface area (Å²) in [6.07, 6.45) is 1.54. The largest absolute Gasteiger partial charge is 0.490 e. The predicted molar refractivity (Wildman–Crippen MR) is 91.3 cm³/mol. The van der Waals surface area contributed by atoms with E-state index in [2.05, 4.69) is 0 Å². The Morgan fingerprint density at radius 3 is 2.76 bits per heavy atom. The summed E-state index contributed by atoms with van der Waals surface area (Å²) in [5.74, 6) is 0.442. The number of carbonyl (C=O) groups is 1. The normalized spacial score (nSPS) is 13.2. The lowest BCUT2D eigenvalue weighted by molar-refractivity contribution is -0.0174. The van der Waals surface area contributed by atoms with E-state index >= 15 is 0 Å². The molecule has 0 saturated heterocycles. The third-order valence-electron chi connectivity index (χ3n) is 4.06. The maximum atomic E-state index is 13.0. The van der Waals surface area contributed by atoms with E-state index in [0.29, 0.717) is 41.1 Å². The van der Waals surface area contributed by atoms with E-state index in [4.69, 9.17) is 18.9 Å². The molecule has 134 valence electrons. The molecule has 0 atom stereocenters. The van der Waals surface area contributed by atoms with Gasteiger partial charge in [0, 0.05) is 24.4 Å². The lowest BCUT2D eigenvalue weighted by Crippen LogP contribution is -2.23. The fourth-order valence-electron chi connectivity index (χ4n) is 3.00. The van der Waals surface area contributed by atoms with E-state index in [9.17, 15) is 9.59 Å². The molecule has 0 amide bonds. The zero-order valence-electron chi connectivity index (χ0n) is 14.6. The molecule has 0 radical (unpaired) electrons. The van der Waals surface area contributed by atoms with Gasteiger partial charge in [-0.05, 0) is 20.8 Å². The number of ether oxygens (including phenoxy) is 4. The van der Waals surface area contributed by atoms with Crippen molar-refractivity contribution in [1.29, 1.82) is 0 Å². The summed E-state index contributed by atoms with van der Waals surface area (Å²) in [4.78, 5) is 25.2. The Labute approximate surface area is 145 Å². The van der Waals surface area contributed by atoms with Gasteiger partial charge in [-0.1, -0.05) is 0 Å². The molecule has 1 aromatic heterocycles. The number of rotatable bonds is 5. The first-order valence-electron chi connectivity index (χ1n) is 8.35. The van der Waals surface area contributed by atoms with Crippen LogP contribution in [0.25, 0.3) is 10.9 Å². The van der Waals surface area contributed by atoms with Gasteiger partial charge in [-0.2, -0.15) is 0 Å². The number of pyridine rings is 1.